The van der Waals surface area contributed by atoms with E-state index in [2.05, 4.69) is 12.6 Å². The summed E-state index contributed by atoms with van der Waals surface area (Å²) in [6.45, 7) is 1.81. The van der Waals surface area contributed by atoms with Crippen LogP contribution in [0.3, 0.4) is 0 Å². The molecule has 0 saturated heterocycles. The number of benzene rings is 1. The fraction of sp³-hybridized carbons (Fsp3) is 0.273. The lowest BCUT2D eigenvalue weighted by Crippen LogP contribution is -2.19. The van der Waals surface area contributed by atoms with Gasteiger partial charge in [0.15, 0.2) is 10.9 Å². The van der Waals surface area contributed by atoms with E-state index in [0.717, 1.165) is 0 Å². The molecule has 74 valence electrons. The predicted octanol–water partition coefficient (Wildman–Crippen LogP) is 2.35. The molecule has 0 bridgehead atoms. The van der Waals surface area contributed by atoms with Gasteiger partial charge in [-0.1, -0.05) is 37.3 Å². The van der Waals surface area contributed by atoms with E-state index < -0.39 is 5.92 Å². The Bertz CT molecular complexity index is 332. The third-order valence-electron chi connectivity index (χ3n) is 2.08. The van der Waals surface area contributed by atoms with Gasteiger partial charge in [0.05, 0.1) is 5.92 Å². The zero-order valence-corrected chi connectivity index (χ0v) is 8.83. The molecule has 0 unspecified atom stereocenters. The highest BCUT2D eigenvalue weighted by Crippen LogP contribution is 2.14. The van der Waals surface area contributed by atoms with Crippen LogP contribution < -0.4 is 0 Å². The lowest BCUT2D eigenvalue weighted by atomic mass is 9.96. The molecule has 2 nitrogen and oxygen atoms in total. The van der Waals surface area contributed by atoms with E-state index in [9.17, 15) is 9.59 Å². The number of hydrogen-bond donors (Lipinski definition) is 1. The van der Waals surface area contributed by atoms with Gasteiger partial charge in [0.25, 0.3) is 0 Å². The van der Waals surface area contributed by atoms with E-state index in [0.29, 0.717) is 12.0 Å². The Kier molecular flexibility index (Phi) is 3.89. The Labute approximate surface area is 88.7 Å². The molecule has 0 heterocycles. The minimum atomic E-state index is -0.610. The largest absolute Gasteiger partial charge is 0.293 e. The van der Waals surface area contributed by atoms with Gasteiger partial charge in [-0.05, 0) is 6.42 Å². The number of carbonyl (C=O) groups excluding carboxylic acids is 2. The van der Waals surface area contributed by atoms with Crippen LogP contribution >= 0.6 is 12.6 Å². The van der Waals surface area contributed by atoms with Crippen molar-refractivity contribution in [2.75, 3.05) is 0 Å². The number of thiol groups is 1. The molecule has 0 N–H and O–H groups in total. The molecule has 0 aliphatic heterocycles. The molecule has 0 amide bonds. The fourth-order valence-electron chi connectivity index (χ4n) is 1.28. The van der Waals surface area contributed by atoms with Crippen LogP contribution in [0.4, 0.5) is 0 Å². The normalized spacial score (nSPS) is 12.1. The molecule has 3 heteroatoms. The number of rotatable bonds is 4. The molecule has 14 heavy (non-hydrogen) atoms. The first-order chi connectivity index (χ1) is 6.66. The van der Waals surface area contributed by atoms with Crippen molar-refractivity contribution in [3.8, 4) is 0 Å². The van der Waals surface area contributed by atoms with Gasteiger partial charge in [-0.15, -0.1) is 12.6 Å². The van der Waals surface area contributed by atoms with E-state index in [1.54, 1.807) is 31.2 Å². The summed E-state index contributed by atoms with van der Waals surface area (Å²) < 4.78 is 0. The van der Waals surface area contributed by atoms with Crippen LogP contribution in [0.5, 0.6) is 0 Å². The molecule has 0 spiro atoms. The molecule has 0 aromatic heterocycles. The van der Waals surface area contributed by atoms with Crippen LogP contribution in [0.15, 0.2) is 30.3 Å². The number of carbonyl (C=O) groups is 2. The van der Waals surface area contributed by atoms with Gasteiger partial charge >= 0.3 is 0 Å². The van der Waals surface area contributed by atoms with Crippen LogP contribution in [0.1, 0.15) is 23.7 Å². The van der Waals surface area contributed by atoms with Crippen molar-refractivity contribution < 1.29 is 9.59 Å². The van der Waals surface area contributed by atoms with Crippen molar-refractivity contribution in [1.82, 2.24) is 0 Å². The van der Waals surface area contributed by atoms with E-state index in [-0.39, 0.29) is 10.9 Å². The molecule has 0 aliphatic rings. The summed E-state index contributed by atoms with van der Waals surface area (Å²) in [5.74, 6) is -0.756. The average molecular weight is 208 g/mol. The van der Waals surface area contributed by atoms with Crippen molar-refractivity contribution in [1.29, 1.82) is 0 Å². The number of Topliss-reactive ketones (excluding diaryl/α,β-unsaturated/α-hetero) is 1. The molecular weight excluding hydrogens is 196 g/mol. The maximum Gasteiger partial charge on any atom is 0.196 e. The van der Waals surface area contributed by atoms with Gasteiger partial charge in [0.1, 0.15) is 0 Å². The summed E-state index contributed by atoms with van der Waals surface area (Å²) in [5, 5.41) is -0.360. The second-order valence-electron chi connectivity index (χ2n) is 3.03. The maximum absolute atomic E-state index is 11.7. The Morgan fingerprint density at radius 1 is 1.29 bits per heavy atom. The lowest BCUT2D eigenvalue weighted by molar-refractivity contribution is -0.113. The fourth-order valence-corrected chi connectivity index (χ4v) is 1.58. The van der Waals surface area contributed by atoms with Crippen LogP contribution in [-0.4, -0.2) is 10.9 Å². The molecule has 1 aromatic carbocycles. The standard InChI is InChI=1S/C11H12O2S/c1-2-9(11(13)14)10(12)8-6-4-3-5-7-8/h3-7,9H,2H2,1H3,(H,13,14)/t9-/m1/s1. The number of ketones is 1. The number of hydrogen-bond acceptors (Lipinski definition) is 2. The zero-order valence-electron chi connectivity index (χ0n) is 7.93. The highest BCUT2D eigenvalue weighted by Gasteiger charge is 2.22. The van der Waals surface area contributed by atoms with Crippen molar-refractivity contribution in [2.45, 2.75) is 13.3 Å². The summed E-state index contributed by atoms with van der Waals surface area (Å²) in [5.41, 5.74) is 0.571. The van der Waals surface area contributed by atoms with Gasteiger partial charge in [-0.25, -0.2) is 0 Å². The predicted molar refractivity (Wildman–Crippen MR) is 58.5 cm³/mol. The molecule has 0 saturated carbocycles. The van der Waals surface area contributed by atoms with E-state index >= 15 is 0 Å². The molecule has 1 atom stereocenters. The highest BCUT2D eigenvalue weighted by atomic mass is 32.1. The van der Waals surface area contributed by atoms with Gasteiger partial charge in [0.2, 0.25) is 0 Å². The molecule has 0 radical (unpaired) electrons. The van der Waals surface area contributed by atoms with Crippen molar-refractivity contribution in [3.05, 3.63) is 35.9 Å². The second-order valence-corrected chi connectivity index (χ2v) is 3.47. The first-order valence-electron chi connectivity index (χ1n) is 4.49. The third-order valence-corrected chi connectivity index (χ3v) is 2.39. The zero-order chi connectivity index (χ0) is 10.6. The summed E-state index contributed by atoms with van der Waals surface area (Å²) in [6.07, 6.45) is 0.496. The quantitative estimate of drug-likeness (QED) is 0.468. The first-order valence-corrected chi connectivity index (χ1v) is 4.93. The molecule has 0 fully saturated rings. The summed E-state index contributed by atoms with van der Waals surface area (Å²) in [4.78, 5) is 22.8. The Morgan fingerprint density at radius 2 is 1.86 bits per heavy atom. The van der Waals surface area contributed by atoms with Crippen molar-refractivity contribution in [2.24, 2.45) is 5.92 Å². The van der Waals surface area contributed by atoms with E-state index in [1.807, 2.05) is 6.07 Å². The Morgan fingerprint density at radius 3 is 2.29 bits per heavy atom. The average Bonchev–Trinajstić information content (AvgIpc) is 2.19. The minimum Gasteiger partial charge on any atom is -0.293 e. The third kappa shape index (κ3) is 2.45. The summed E-state index contributed by atoms with van der Waals surface area (Å²) in [6, 6.07) is 8.82. The summed E-state index contributed by atoms with van der Waals surface area (Å²) in [7, 11) is 0. The van der Waals surface area contributed by atoms with E-state index in [1.165, 1.54) is 0 Å². The van der Waals surface area contributed by atoms with Gasteiger partial charge in [-0.2, -0.15) is 0 Å². The monoisotopic (exact) mass is 208 g/mol. The Hall–Kier alpha value is -1.09. The smallest absolute Gasteiger partial charge is 0.196 e. The lowest BCUT2D eigenvalue weighted by Gasteiger charge is -2.08. The van der Waals surface area contributed by atoms with Crippen LogP contribution in [0, 0.1) is 5.92 Å². The van der Waals surface area contributed by atoms with E-state index in [4.69, 9.17) is 0 Å². The molecule has 1 aromatic rings. The minimum absolute atomic E-state index is 0.145. The van der Waals surface area contributed by atoms with Crippen molar-refractivity contribution >= 4 is 23.5 Å². The molecular formula is C11H12O2S. The Balaban J connectivity index is 2.89. The highest BCUT2D eigenvalue weighted by molar-refractivity contribution is 7.96. The maximum atomic E-state index is 11.7. The molecule has 0 aliphatic carbocycles. The van der Waals surface area contributed by atoms with Crippen LogP contribution in [0.2, 0.25) is 0 Å². The topological polar surface area (TPSA) is 34.1 Å². The summed E-state index contributed by atoms with van der Waals surface area (Å²) >= 11 is 3.70. The van der Waals surface area contributed by atoms with Crippen LogP contribution in [0.25, 0.3) is 0 Å². The first kappa shape index (κ1) is 11.0. The van der Waals surface area contributed by atoms with Gasteiger partial charge in [0, 0.05) is 5.56 Å². The van der Waals surface area contributed by atoms with Crippen LogP contribution in [-0.2, 0) is 4.79 Å². The SMILES string of the molecule is CC[C@@H](C(=O)S)C(=O)c1ccccc1. The second kappa shape index (κ2) is 4.96. The van der Waals surface area contributed by atoms with Crippen molar-refractivity contribution in [3.63, 3.8) is 0 Å². The van der Waals surface area contributed by atoms with Gasteiger partial charge < -0.3 is 0 Å². The molecule has 1 rings (SSSR count). The van der Waals surface area contributed by atoms with Gasteiger partial charge in [-0.3, -0.25) is 9.59 Å².